The van der Waals surface area contributed by atoms with Crippen LogP contribution in [0.25, 0.3) is 0 Å². The van der Waals surface area contributed by atoms with Crippen LogP contribution in [0.1, 0.15) is 40.2 Å². The van der Waals surface area contributed by atoms with Gasteiger partial charge in [-0.05, 0) is 19.4 Å². The first kappa shape index (κ1) is 16.5. The lowest BCUT2D eigenvalue weighted by Gasteiger charge is -2.16. The summed E-state index contributed by atoms with van der Waals surface area (Å²) in [7, 11) is 0. The Balaban J connectivity index is 1.58. The van der Waals surface area contributed by atoms with Crippen LogP contribution in [0, 0.1) is 13.8 Å². The Morgan fingerprint density at radius 2 is 1.92 bits per heavy atom. The van der Waals surface area contributed by atoms with Gasteiger partial charge in [0, 0.05) is 30.5 Å². The number of carbonyl (C=O) groups excluding carboxylic acids is 1. The van der Waals surface area contributed by atoms with Crippen molar-refractivity contribution in [3.63, 3.8) is 0 Å². The van der Waals surface area contributed by atoms with E-state index in [1.807, 2.05) is 36.9 Å². The molecule has 0 saturated carbocycles. The van der Waals surface area contributed by atoms with Crippen molar-refractivity contribution in [3.05, 3.63) is 65.1 Å². The van der Waals surface area contributed by atoms with Gasteiger partial charge in [-0.1, -0.05) is 40.6 Å². The molecule has 1 saturated heterocycles. The molecule has 3 heterocycles. The third-order valence-corrected chi connectivity index (χ3v) is 5.12. The fraction of sp³-hybridized carbons (Fsp3) is 0.368. The Morgan fingerprint density at radius 1 is 1.15 bits per heavy atom. The molecule has 3 aromatic rings. The van der Waals surface area contributed by atoms with Crippen LogP contribution < -0.4 is 0 Å². The number of hydrogen-bond acceptors (Lipinski definition) is 6. The number of rotatable bonds is 4. The van der Waals surface area contributed by atoms with E-state index in [0.717, 1.165) is 11.3 Å². The van der Waals surface area contributed by atoms with Crippen LogP contribution in [-0.2, 0) is 11.2 Å². The zero-order valence-electron chi connectivity index (χ0n) is 14.8. The predicted octanol–water partition coefficient (Wildman–Crippen LogP) is 2.63. The van der Waals surface area contributed by atoms with Crippen LogP contribution in [-0.4, -0.2) is 39.2 Å². The molecule has 0 N–H and O–H groups in total. The molecule has 0 aliphatic carbocycles. The van der Waals surface area contributed by atoms with Crippen molar-refractivity contribution in [2.75, 3.05) is 13.1 Å². The van der Waals surface area contributed by atoms with Gasteiger partial charge in [-0.25, -0.2) is 0 Å². The Hall–Kier alpha value is -2.96. The van der Waals surface area contributed by atoms with Gasteiger partial charge < -0.3 is 13.9 Å². The van der Waals surface area contributed by atoms with Gasteiger partial charge in [-0.2, -0.15) is 4.98 Å². The lowest BCUT2D eigenvalue weighted by Crippen LogP contribution is -2.30. The zero-order valence-corrected chi connectivity index (χ0v) is 14.8. The lowest BCUT2D eigenvalue weighted by atomic mass is 9.88. The molecule has 1 fully saturated rings. The molecule has 1 amide bonds. The van der Waals surface area contributed by atoms with Crippen LogP contribution in [0.4, 0.5) is 0 Å². The standard InChI is InChI=1S/C19H20N4O3/c1-12-15(13(2)26-21-12)8-18(24)23-9-16(14-6-4-3-5-7-14)17(10-23)19-20-11-25-22-19/h3-7,11,16-17H,8-10H2,1-2H3/t16-,17+/m0/s1. The van der Waals surface area contributed by atoms with Crippen molar-refractivity contribution in [3.8, 4) is 0 Å². The number of benzene rings is 1. The van der Waals surface area contributed by atoms with Gasteiger partial charge in [0.05, 0.1) is 12.1 Å². The minimum atomic E-state index is 0.0183. The zero-order chi connectivity index (χ0) is 18.1. The van der Waals surface area contributed by atoms with Gasteiger partial charge in [-0.3, -0.25) is 4.79 Å². The molecular formula is C19H20N4O3. The van der Waals surface area contributed by atoms with Gasteiger partial charge in [-0.15, -0.1) is 0 Å². The molecule has 7 nitrogen and oxygen atoms in total. The summed E-state index contributed by atoms with van der Waals surface area (Å²) in [6.07, 6.45) is 1.63. The van der Waals surface area contributed by atoms with E-state index in [0.29, 0.717) is 31.1 Å². The quantitative estimate of drug-likeness (QED) is 0.717. The molecular weight excluding hydrogens is 332 g/mol. The number of aryl methyl sites for hydroxylation is 2. The van der Waals surface area contributed by atoms with Crippen molar-refractivity contribution in [2.24, 2.45) is 0 Å². The van der Waals surface area contributed by atoms with Crippen LogP contribution in [0.3, 0.4) is 0 Å². The summed E-state index contributed by atoms with van der Waals surface area (Å²) in [5.74, 6) is 1.56. The number of nitrogens with zero attached hydrogens (tertiary/aromatic N) is 4. The van der Waals surface area contributed by atoms with Gasteiger partial charge in [0.1, 0.15) is 5.76 Å². The summed E-state index contributed by atoms with van der Waals surface area (Å²) < 4.78 is 10.1. The number of aromatic nitrogens is 3. The van der Waals surface area contributed by atoms with E-state index in [9.17, 15) is 4.79 Å². The second kappa shape index (κ2) is 6.74. The number of amides is 1. The summed E-state index contributed by atoms with van der Waals surface area (Å²) in [4.78, 5) is 19.0. The van der Waals surface area contributed by atoms with Gasteiger partial charge in [0.25, 0.3) is 0 Å². The minimum absolute atomic E-state index is 0.0183. The average Bonchev–Trinajstić information content (AvgIpc) is 3.38. The predicted molar refractivity (Wildman–Crippen MR) is 92.5 cm³/mol. The highest BCUT2D eigenvalue weighted by Crippen LogP contribution is 2.38. The van der Waals surface area contributed by atoms with Gasteiger partial charge in [0.15, 0.2) is 5.82 Å². The van der Waals surface area contributed by atoms with E-state index in [2.05, 4.69) is 27.4 Å². The molecule has 0 unspecified atom stereocenters. The van der Waals surface area contributed by atoms with Crippen LogP contribution in [0.2, 0.25) is 0 Å². The highest BCUT2D eigenvalue weighted by molar-refractivity contribution is 5.79. The molecule has 0 spiro atoms. The fourth-order valence-electron chi connectivity index (χ4n) is 3.67. The maximum absolute atomic E-state index is 12.9. The van der Waals surface area contributed by atoms with Gasteiger partial charge >= 0.3 is 0 Å². The van der Waals surface area contributed by atoms with E-state index in [1.54, 1.807) is 0 Å². The second-order valence-corrected chi connectivity index (χ2v) is 6.69. The summed E-state index contributed by atoms with van der Waals surface area (Å²) in [6, 6.07) is 10.2. The monoisotopic (exact) mass is 352 g/mol. The van der Waals surface area contributed by atoms with Gasteiger partial charge in [0.2, 0.25) is 12.3 Å². The van der Waals surface area contributed by atoms with Crippen LogP contribution >= 0.6 is 0 Å². The van der Waals surface area contributed by atoms with E-state index in [4.69, 9.17) is 9.05 Å². The van der Waals surface area contributed by atoms with Crippen molar-refractivity contribution < 1.29 is 13.8 Å². The summed E-state index contributed by atoms with van der Waals surface area (Å²) in [5.41, 5.74) is 2.81. The average molecular weight is 352 g/mol. The second-order valence-electron chi connectivity index (χ2n) is 6.69. The Kier molecular flexibility index (Phi) is 4.28. The first-order valence-electron chi connectivity index (χ1n) is 8.64. The van der Waals surface area contributed by atoms with Crippen molar-refractivity contribution in [2.45, 2.75) is 32.1 Å². The maximum Gasteiger partial charge on any atom is 0.227 e. The number of likely N-dealkylation sites (tertiary alicyclic amines) is 1. The molecule has 1 aliphatic rings. The Labute approximate surface area is 151 Å². The van der Waals surface area contributed by atoms with E-state index < -0.39 is 0 Å². The van der Waals surface area contributed by atoms with Crippen molar-refractivity contribution >= 4 is 5.91 Å². The Bertz CT molecular complexity index is 869. The normalized spacial score (nSPS) is 19.8. The minimum Gasteiger partial charge on any atom is -0.361 e. The molecule has 0 bridgehead atoms. The molecule has 2 atom stereocenters. The molecule has 4 rings (SSSR count). The fourth-order valence-corrected chi connectivity index (χ4v) is 3.67. The topological polar surface area (TPSA) is 85.3 Å². The maximum atomic E-state index is 12.9. The largest absolute Gasteiger partial charge is 0.361 e. The number of carbonyl (C=O) groups is 1. The summed E-state index contributed by atoms with van der Waals surface area (Å²) >= 11 is 0. The van der Waals surface area contributed by atoms with Crippen molar-refractivity contribution in [1.29, 1.82) is 0 Å². The first-order valence-corrected chi connectivity index (χ1v) is 8.64. The van der Waals surface area contributed by atoms with Crippen molar-refractivity contribution in [1.82, 2.24) is 20.2 Å². The smallest absolute Gasteiger partial charge is 0.227 e. The third kappa shape index (κ3) is 3.00. The third-order valence-electron chi connectivity index (χ3n) is 5.12. The molecule has 1 aromatic carbocycles. The summed E-state index contributed by atoms with van der Waals surface area (Å²) in [6.45, 7) is 4.90. The highest BCUT2D eigenvalue weighted by atomic mass is 16.5. The molecule has 26 heavy (non-hydrogen) atoms. The van der Waals surface area contributed by atoms with E-state index in [1.165, 1.54) is 12.0 Å². The number of hydrogen-bond donors (Lipinski definition) is 0. The first-order chi connectivity index (χ1) is 12.6. The Morgan fingerprint density at radius 3 is 2.58 bits per heavy atom. The highest BCUT2D eigenvalue weighted by Gasteiger charge is 2.39. The molecule has 2 aromatic heterocycles. The molecule has 7 heteroatoms. The van der Waals surface area contributed by atoms with Crippen LogP contribution in [0.5, 0.6) is 0 Å². The van der Waals surface area contributed by atoms with Crippen LogP contribution in [0.15, 0.2) is 45.8 Å². The molecule has 0 radical (unpaired) electrons. The summed E-state index contributed by atoms with van der Waals surface area (Å²) in [5, 5.41) is 7.96. The molecule has 1 aliphatic heterocycles. The molecule has 134 valence electrons. The van der Waals surface area contributed by atoms with E-state index >= 15 is 0 Å². The SMILES string of the molecule is Cc1noc(C)c1CC(=O)N1C[C@@H](c2ccccc2)[C@H](c2ncon2)C1. The van der Waals surface area contributed by atoms with E-state index in [-0.39, 0.29) is 17.7 Å². The lowest BCUT2D eigenvalue weighted by molar-refractivity contribution is -0.129.